The molecule has 2 rings (SSSR count). The number of allylic oxidation sites excluding steroid dienone is 1. The number of nitrogens with one attached hydrogen (secondary N) is 1. The zero-order valence-electron chi connectivity index (χ0n) is 13.2. The van der Waals surface area contributed by atoms with Crippen molar-refractivity contribution in [3.8, 4) is 5.75 Å². The highest BCUT2D eigenvalue weighted by Gasteiger charge is 2.03. The molecule has 1 amide bonds. The predicted octanol–water partition coefficient (Wildman–Crippen LogP) is 2.26. The topological polar surface area (TPSA) is 88.5 Å². The Bertz CT molecular complexity index is 724. The van der Waals surface area contributed by atoms with Crippen LogP contribution in [0.3, 0.4) is 0 Å². The molecule has 0 aliphatic heterocycles. The van der Waals surface area contributed by atoms with Gasteiger partial charge in [0.15, 0.2) is 6.61 Å². The summed E-state index contributed by atoms with van der Waals surface area (Å²) in [5, 5.41) is 11.4. The van der Waals surface area contributed by atoms with Gasteiger partial charge in [-0.1, -0.05) is 18.2 Å². The van der Waals surface area contributed by atoms with E-state index in [4.69, 9.17) is 9.84 Å². The first-order chi connectivity index (χ1) is 11.5. The van der Waals surface area contributed by atoms with Crippen molar-refractivity contribution in [2.24, 2.45) is 0 Å². The summed E-state index contributed by atoms with van der Waals surface area (Å²) in [5.74, 6) is -0.752. The third-order valence-electron chi connectivity index (χ3n) is 3.21. The quantitative estimate of drug-likeness (QED) is 0.762. The number of carboxylic acid groups (broad SMARTS) is 1. The summed E-state index contributed by atoms with van der Waals surface area (Å²) in [6.07, 6.45) is 4.90. The molecule has 6 heteroatoms. The van der Waals surface area contributed by atoms with Crippen molar-refractivity contribution in [1.82, 2.24) is 10.3 Å². The van der Waals surface area contributed by atoms with Crippen LogP contribution in [0.15, 0.2) is 54.9 Å². The van der Waals surface area contributed by atoms with Gasteiger partial charge in [-0.3, -0.25) is 9.78 Å². The number of benzene rings is 1. The molecule has 2 N–H and O–H groups in total. The molecule has 6 nitrogen and oxygen atoms in total. The standard InChI is InChI=1S/C18H18N2O4/c1-13(9-17(21)20-11-14-3-2-8-19-10-14)15-4-6-16(7-5-15)24-12-18(22)23/h2-10H,11-12H2,1H3,(H,20,21)(H,22,23)/b13-9-. The Labute approximate surface area is 139 Å². The number of hydrogen-bond acceptors (Lipinski definition) is 4. The summed E-state index contributed by atoms with van der Waals surface area (Å²) in [6.45, 7) is 1.86. The van der Waals surface area contributed by atoms with Gasteiger partial charge in [0.2, 0.25) is 5.91 Å². The lowest BCUT2D eigenvalue weighted by Crippen LogP contribution is -2.20. The van der Waals surface area contributed by atoms with Crippen LogP contribution in [0, 0.1) is 0 Å². The summed E-state index contributed by atoms with van der Waals surface area (Å²) in [5.41, 5.74) is 2.58. The maximum Gasteiger partial charge on any atom is 0.341 e. The number of pyridine rings is 1. The van der Waals surface area contributed by atoms with Crippen molar-refractivity contribution in [1.29, 1.82) is 0 Å². The molecule has 1 aromatic heterocycles. The van der Waals surface area contributed by atoms with Gasteiger partial charge in [0.25, 0.3) is 0 Å². The number of hydrogen-bond donors (Lipinski definition) is 2. The Balaban J connectivity index is 1.91. The number of rotatable bonds is 7. The fraction of sp³-hybridized carbons (Fsp3) is 0.167. The molecule has 1 heterocycles. The van der Waals surface area contributed by atoms with Gasteiger partial charge in [0.1, 0.15) is 5.75 Å². The van der Waals surface area contributed by atoms with Crippen LogP contribution in [0.5, 0.6) is 5.75 Å². The van der Waals surface area contributed by atoms with Gasteiger partial charge in [-0.05, 0) is 41.8 Å². The van der Waals surface area contributed by atoms with Crippen molar-refractivity contribution in [3.63, 3.8) is 0 Å². The van der Waals surface area contributed by atoms with E-state index >= 15 is 0 Å². The Morgan fingerprint density at radius 2 is 2.00 bits per heavy atom. The molecule has 0 aliphatic carbocycles. The number of nitrogens with zero attached hydrogens (tertiary/aromatic N) is 1. The normalized spacial score (nSPS) is 11.0. The third-order valence-corrected chi connectivity index (χ3v) is 3.21. The molecule has 24 heavy (non-hydrogen) atoms. The number of carboxylic acids is 1. The summed E-state index contributed by atoms with van der Waals surface area (Å²) < 4.78 is 5.07. The van der Waals surface area contributed by atoms with Crippen LogP contribution in [0.1, 0.15) is 18.1 Å². The lowest BCUT2D eigenvalue weighted by molar-refractivity contribution is -0.139. The predicted molar refractivity (Wildman–Crippen MR) is 89.3 cm³/mol. The first-order valence-electron chi connectivity index (χ1n) is 7.34. The molecule has 1 aromatic carbocycles. The Morgan fingerprint density at radius 1 is 1.25 bits per heavy atom. The number of ether oxygens (including phenoxy) is 1. The second-order valence-corrected chi connectivity index (χ2v) is 5.11. The zero-order chi connectivity index (χ0) is 17.4. The van der Waals surface area contributed by atoms with E-state index in [0.29, 0.717) is 12.3 Å². The van der Waals surface area contributed by atoms with Crippen LogP contribution in [-0.2, 0) is 16.1 Å². The number of aliphatic carboxylic acids is 1. The van der Waals surface area contributed by atoms with E-state index in [-0.39, 0.29) is 12.5 Å². The van der Waals surface area contributed by atoms with Gasteiger partial charge >= 0.3 is 5.97 Å². The summed E-state index contributed by atoms with van der Waals surface area (Å²) >= 11 is 0. The number of aromatic nitrogens is 1. The van der Waals surface area contributed by atoms with Crippen LogP contribution in [0.4, 0.5) is 0 Å². The van der Waals surface area contributed by atoms with Crippen molar-refractivity contribution >= 4 is 17.4 Å². The first kappa shape index (κ1) is 17.2. The van der Waals surface area contributed by atoms with E-state index < -0.39 is 5.97 Å². The highest BCUT2D eigenvalue weighted by atomic mass is 16.5. The van der Waals surface area contributed by atoms with Crippen LogP contribution in [-0.4, -0.2) is 28.6 Å². The van der Waals surface area contributed by atoms with E-state index in [1.54, 1.807) is 36.7 Å². The fourth-order valence-electron chi connectivity index (χ4n) is 1.98. The van der Waals surface area contributed by atoms with Crippen LogP contribution in [0.25, 0.3) is 5.57 Å². The smallest absolute Gasteiger partial charge is 0.341 e. The summed E-state index contributed by atoms with van der Waals surface area (Å²) in [4.78, 5) is 26.4. The monoisotopic (exact) mass is 326 g/mol. The average molecular weight is 326 g/mol. The summed E-state index contributed by atoms with van der Waals surface area (Å²) in [6, 6.07) is 10.6. The molecular formula is C18H18N2O4. The molecule has 0 atom stereocenters. The minimum Gasteiger partial charge on any atom is -0.482 e. The molecule has 2 aromatic rings. The van der Waals surface area contributed by atoms with Crippen LogP contribution >= 0.6 is 0 Å². The molecule has 0 fully saturated rings. The first-order valence-corrected chi connectivity index (χ1v) is 7.34. The number of carbonyl (C=O) groups excluding carboxylic acids is 1. The highest BCUT2D eigenvalue weighted by Crippen LogP contribution is 2.18. The highest BCUT2D eigenvalue weighted by molar-refractivity contribution is 5.94. The maximum atomic E-state index is 11.9. The van der Waals surface area contributed by atoms with E-state index in [9.17, 15) is 9.59 Å². The lowest BCUT2D eigenvalue weighted by Gasteiger charge is -2.06. The summed E-state index contributed by atoms with van der Waals surface area (Å²) in [7, 11) is 0. The van der Waals surface area contributed by atoms with Crippen LogP contribution in [0.2, 0.25) is 0 Å². The average Bonchev–Trinajstić information content (AvgIpc) is 2.59. The van der Waals surface area contributed by atoms with E-state index in [1.807, 2.05) is 19.1 Å². The number of amides is 1. The molecule has 0 bridgehead atoms. The minimum atomic E-state index is -1.03. The van der Waals surface area contributed by atoms with Gasteiger partial charge < -0.3 is 15.2 Å². The van der Waals surface area contributed by atoms with Crippen molar-refractivity contribution < 1.29 is 19.4 Å². The van der Waals surface area contributed by atoms with Gasteiger partial charge in [-0.25, -0.2) is 4.79 Å². The molecule has 0 saturated carbocycles. The molecule has 0 radical (unpaired) electrons. The van der Waals surface area contributed by atoms with Crippen molar-refractivity contribution in [2.75, 3.05) is 6.61 Å². The van der Waals surface area contributed by atoms with Gasteiger partial charge in [0, 0.05) is 25.0 Å². The van der Waals surface area contributed by atoms with E-state index in [0.717, 1.165) is 16.7 Å². The Kier molecular flexibility index (Phi) is 6.08. The molecular weight excluding hydrogens is 308 g/mol. The Morgan fingerprint density at radius 3 is 2.62 bits per heavy atom. The molecule has 0 saturated heterocycles. The lowest BCUT2D eigenvalue weighted by atomic mass is 10.1. The molecule has 0 spiro atoms. The third kappa shape index (κ3) is 5.57. The fourth-order valence-corrected chi connectivity index (χ4v) is 1.98. The van der Waals surface area contributed by atoms with E-state index in [2.05, 4.69) is 10.3 Å². The zero-order valence-corrected chi connectivity index (χ0v) is 13.2. The SMILES string of the molecule is C/C(=C/C(=O)NCc1cccnc1)c1ccc(OCC(=O)O)cc1. The second kappa shape index (κ2) is 8.47. The Hall–Kier alpha value is -3.15. The molecule has 0 aliphatic rings. The number of carbonyl (C=O) groups is 2. The maximum absolute atomic E-state index is 11.9. The largest absolute Gasteiger partial charge is 0.482 e. The van der Waals surface area contributed by atoms with Gasteiger partial charge in [0.05, 0.1) is 0 Å². The van der Waals surface area contributed by atoms with Gasteiger partial charge in [-0.15, -0.1) is 0 Å². The second-order valence-electron chi connectivity index (χ2n) is 5.11. The molecule has 0 unspecified atom stereocenters. The van der Waals surface area contributed by atoms with E-state index in [1.165, 1.54) is 6.08 Å². The minimum absolute atomic E-state index is 0.192. The van der Waals surface area contributed by atoms with Crippen LogP contribution < -0.4 is 10.1 Å². The molecule has 124 valence electrons. The van der Waals surface area contributed by atoms with Crippen molar-refractivity contribution in [2.45, 2.75) is 13.5 Å². The van der Waals surface area contributed by atoms with Gasteiger partial charge in [-0.2, -0.15) is 0 Å². The van der Waals surface area contributed by atoms with Crippen molar-refractivity contribution in [3.05, 3.63) is 66.0 Å².